The minimum absolute atomic E-state index is 0.519. The lowest BCUT2D eigenvalue weighted by Gasteiger charge is -2.21. The van der Waals surface area contributed by atoms with Crippen LogP contribution in [-0.2, 0) is 0 Å². The highest BCUT2D eigenvalue weighted by molar-refractivity contribution is 6.35. The average Bonchev–Trinajstić information content (AvgIpc) is 1.55. The summed E-state index contributed by atoms with van der Waals surface area (Å²) < 4.78 is 0. The third-order valence-electron chi connectivity index (χ3n) is 1.85. The van der Waals surface area contributed by atoms with Crippen LogP contribution >= 0.6 is 0 Å². The van der Waals surface area contributed by atoms with Crippen molar-refractivity contribution in [2.75, 3.05) is 0 Å². The monoisotopic (exact) mass is 154 g/mol. The van der Waals surface area contributed by atoms with Crippen LogP contribution < -0.4 is 0 Å². The van der Waals surface area contributed by atoms with Gasteiger partial charge in [0.05, 0.1) is 0 Å². The van der Waals surface area contributed by atoms with Gasteiger partial charge in [-0.3, -0.25) is 0 Å². The van der Waals surface area contributed by atoms with Crippen LogP contribution in [-0.4, -0.2) is 7.28 Å². The Bertz CT molecular complexity index is 89.0. The van der Waals surface area contributed by atoms with Gasteiger partial charge in [0.1, 0.15) is 7.28 Å². The molecule has 0 unspecified atom stereocenters. The minimum Gasteiger partial charge on any atom is -0.0726 e. The largest absolute Gasteiger partial charge is 0.121 e. The van der Waals surface area contributed by atoms with Crippen LogP contribution in [0.4, 0.5) is 0 Å². The predicted molar refractivity (Wildman–Crippen MR) is 55.7 cm³/mol. The first-order chi connectivity index (χ1) is 4.71. The van der Waals surface area contributed by atoms with Crippen LogP contribution in [0.3, 0.4) is 0 Å². The van der Waals surface area contributed by atoms with Gasteiger partial charge in [0.15, 0.2) is 0 Å². The van der Waals surface area contributed by atoms with Crippen LogP contribution in [0.1, 0.15) is 41.5 Å². The van der Waals surface area contributed by atoms with Gasteiger partial charge in [-0.25, -0.2) is 0 Å². The van der Waals surface area contributed by atoms with Gasteiger partial charge in [-0.2, -0.15) is 0 Å². The molecule has 0 radical (unpaired) electrons. The zero-order valence-electron chi connectivity index (χ0n) is 9.12. The summed E-state index contributed by atoms with van der Waals surface area (Å²) in [7, 11) is 1.37. The second-order valence-electron chi connectivity index (χ2n) is 5.97. The molecule has 0 saturated heterocycles. The Morgan fingerprint density at radius 1 is 0.727 bits per heavy atom. The van der Waals surface area contributed by atoms with E-state index in [2.05, 4.69) is 41.5 Å². The molecule has 0 aliphatic rings. The van der Waals surface area contributed by atoms with Crippen LogP contribution in [0.2, 0.25) is 12.6 Å². The molecule has 0 heterocycles. The fraction of sp³-hybridized carbons (Fsp3) is 1.00. The highest BCUT2D eigenvalue weighted by Gasteiger charge is 2.15. The molecule has 0 amide bonds. The fourth-order valence-corrected chi connectivity index (χ4v) is 1.15. The van der Waals surface area contributed by atoms with E-state index in [4.69, 9.17) is 0 Å². The standard InChI is InChI=1S/C10H23B/c1-9(2,3)7-11-8-10(4,5)6/h11H,7-8H2,1-6H3. The maximum Gasteiger partial charge on any atom is 0.121 e. The predicted octanol–water partition coefficient (Wildman–Crippen LogP) is 3.35. The summed E-state index contributed by atoms with van der Waals surface area (Å²) in [5.74, 6) is 0. The van der Waals surface area contributed by atoms with Crippen LogP contribution in [0.5, 0.6) is 0 Å². The summed E-state index contributed by atoms with van der Waals surface area (Å²) >= 11 is 0. The van der Waals surface area contributed by atoms with Crippen molar-refractivity contribution in [3.8, 4) is 0 Å². The van der Waals surface area contributed by atoms with Crippen LogP contribution in [0.25, 0.3) is 0 Å². The van der Waals surface area contributed by atoms with E-state index in [0.29, 0.717) is 10.8 Å². The first kappa shape index (κ1) is 11.1. The van der Waals surface area contributed by atoms with E-state index < -0.39 is 0 Å². The van der Waals surface area contributed by atoms with Gasteiger partial charge in [-0.05, 0) is 10.8 Å². The second kappa shape index (κ2) is 3.64. The van der Waals surface area contributed by atoms with Crippen molar-refractivity contribution in [3.63, 3.8) is 0 Å². The Morgan fingerprint density at radius 2 is 1.00 bits per heavy atom. The molecule has 0 nitrogen and oxygen atoms in total. The topological polar surface area (TPSA) is 0 Å². The number of hydrogen-bond acceptors (Lipinski definition) is 0. The Hall–Kier alpha value is 0.0649. The molecule has 0 rings (SSSR count). The van der Waals surface area contributed by atoms with Gasteiger partial charge in [0.25, 0.3) is 0 Å². The lowest BCUT2D eigenvalue weighted by molar-refractivity contribution is 0.445. The van der Waals surface area contributed by atoms with E-state index in [0.717, 1.165) is 0 Å². The molecule has 0 N–H and O–H groups in total. The Kier molecular flexibility index (Phi) is 3.67. The molecule has 1 heteroatoms. The van der Waals surface area contributed by atoms with E-state index in [1.54, 1.807) is 0 Å². The molecule has 0 bridgehead atoms. The molecule has 0 spiro atoms. The summed E-state index contributed by atoms with van der Waals surface area (Å²) in [6.07, 6.45) is 2.70. The molecule has 0 fully saturated rings. The van der Waals surface area contributed by atoms with Gasteiger partial charge in [-0.1, -0.05) is 54.2 Å². The Balaban J connectivity index is 3.44. The molecule has 66 valence electrons. The van der Waals surface area contributed by atoms with Gasteiger partial charge >= 0.3 is 0 Å². The highest BCUT2D eigenvalue weighted by atomic mass is 14.1. The lowest BCUT2D eigenvalue weighted by Crippen LogP contribution is -2.14. The van der Waals surface area contributed by atoms with Crippen LogP contribution in [0.15, 0.2) is 0 Å². The van der Waals surface area contributed by atoms with Crippen molar-refractivity contribution in [1.29, 1.82) is 0 Å². The normalized spacial score (nSPS) is 13.3. The van der Waals surface area contributed by atoms with Crippen LogP contribution in [0, 0.1) is 10.8 Å². The Morgan fingerprint density at radius 3 is 1.18 bits per heavy atom. The SMILES string of the molecule is CC(C)(C)CBCC(C)(C)C. The smallest absolute Gasteiger partial charge is 0.0726 e. The molecule has 0 aliphatic carbocycles. The molecular formula is C10H23B. The first-order valence-corrected chi connectivity index (χ1v) is 4.71. The van der Waals surface area contributed by atoms with Crippen molar-refractivity contribution in [2.24, 2.45) is 10.8 Å². The van der Waals surface area contributed by atoms with Crippen molar-refractivity contribution < 1.29 is 0 Å². The third kappa shape index (κ3) is 10.1. The summed E-state index contributed by atoms with van der Waals surface area (Å²) in [5.41, 5.74) is 1.04. The fourth-order valence-electron chi connectivity index (χ4n) is 1.15. The van der Waals surface area contributed by atoms with E-state index in [1.807, 2.05) is 0 Å². The third-order valence-corrected chi connectivity index (χ3v) is 1.85. The van der Waals surface area contributed by atoms with Crippen molar-refractivity contribution in [2.45, 2.75) is 54.2 Å². The van der Waals surface area contributed by atoms with E-state index in [-0.39, 0.29) is 0 Å². The van der Waals surface area contributed by atoms with Crippen molar-refractivity contribution in [1.82, 2.24) is 0 Å². The molecule has 0 saturated carbocycles. The summed E-state index contributed by atoms with van der Waals surface area (Å²) in [6.45, 7) is 13.9. The molecule has 0 aromatic heterocycles. The minimum atomic E-state index is 0.519. The summed E-state index contributed by atoms with van der Waals surface area (Å²) in [6, 6.07) is 0. The Labute approximate surface area is 73.0 Å². The average molecular weight is 154 g/mol. The van der Waals surface area contributed by atoms with Gasteiger partial charge < -0.3 is 0 Å². The maximum absolute atomic E-state index is 2.32. The number of hydrogen-bond donors (Lipinski definition) is 0. The number of rotatable bonds is 2. The van der Waals surface area contributed by atoms with Gasteiger partial charge in [0, 0.05) is 0 Å². The zero-order chi connectivity index (χ0) is 9.12. The molecule has 0 aromatic carbocycles. The summed E-state index contributed by atoms with van der Waals surface area (Å²) in [5, 5.41) is 0. The quantitative estimate of drug-likeness (QED) is 0.535. The molecular weight excluding hydrogens is 131 g/mol. The maximum atomic E-state index is 2.32. The highest BCUT2D eigenvalue weighted by Crippen LogP contribution is 2.24. The zero-order valence-corrected chi connectivity index (χ0v) is 9.12. The lowest BCUT2D eigenvalue weighted by atomic mass is 9.57. The van der Waals surface area contributed by atoms with E-state index in [9.17, 15) is 0 Å². The van der Waals surface area contributed by atoms with Crippen molar-refractivity contribution >= 4 is 7.28 Å². The summed E-state index contributed by atoms with van der Waals surface area (Å²) in [4.78, 5) is 0. The molecule has 0 aliphatic heterocycles. The van der Waals surface area contributed by atoms with E-state index >= 15 is 0 Å². The molecule has 11 heavy (non-hydrogen) atoms. The van der Waals surface area contributed by atoms with Gasteiger partial charge in [0.2, 0.25) is 0 Å². The molecule has 0 aromatic rings. The van der Waals surface area contributed by atoms with Gasteiger partial charge in [-0.15, -0.1) is 0 Å². The van der Waals surface area contributed by atoms with Crippen molar-refractivity contribution in [3.05, 3.63) is 0 Å². The first-order valence-electron chi connectivity index (χ1n) is 4.71. The molecule has 0 atom stereocenters. The van der Waals surface area contributed by atoms with E-state index in [1.165, 1.54) is 19.9 Å². The second-order valence-corrected chi connectivity index (χ2v) is 5.97.